The molecule has 0 bridgehead atoms. The Bertz CT molecular complexity index is 926. The first-order valence-electron chi connectivity index (χ1n) is 10.7. The van der Waals surface area contributed by atoms with E-state index >= 15 is 0 Å². The van der Waals surface area contributed by atoms with Gasteiger partial charge in [-0.2, -0.15) is 0 Å². The second-order valence-electron chi connectivity index (χ2n) is 10.2. The maximum Gasteiger partial charge on any atom is 0.342 e. The molecule has 3 aliphatic rings. The third kappa shape index (κ3) is 3.09. The van der Waals surface area contributed by atoms with Gasteiger partial charge in [-0.1, -0.05) is 20.8 Å². The number of phenols is 1. The number of fused-ring (bicyclic) bond motifs is 3. The summed E-state index contributed by atoms with van der Waals surface area (Å²) < 4.78 is 10.9. The molecule has 6 unspecified atom stereocenters. The number of aliphatic hydroxyl groups is 3. The average molecular weight is 433 g/mol. The Hall–Kier alpha value is -2.09. The summed E-state index contributed by atoms with van der Waals surface area (Å²) in [5.41, 5.74) is 0.988. The summed E-state index contributed by atoms with van der Waals surface area (Å²) in [6.07, 6.45) is -0.944. The molecule has 0 aromatic heterocycles. The number of esters is 1. The monoisotopic (exact) mass is 432 g/mol. The molecule has 4 N–H and O–H groups in total. The Balaban J connectivity index is 1.65. The van der Waals surface area contributed by atoms with E-state index in [1.807, 2.05) is 20.8 Å². The number of aryl methyl sites for hydroxylation is 1. The van der Waals surface area contributed by atoms with Crippen LogP contribution < -0.4 is 4.74 Å². The van der Waals surface area contributed by atoms with Crippen LogP contribution in [0.3, 0.4) is 0 Å². The van der Waals surface area contributed by atoms with E-state index in [9.17, 15) is 25.2 Å². The number of aliphatic hydroxyl groups excluding tert-OH is 3. The van der Waals surface area contributed by atoms with Gasteiger partial charge in [-0.15, -0.1) is 0 Å². The molecule has 31 heavy (non-hydrogen) atoms. The fourth-order valence-corrected chi connectivity index (χ4v) is 6.43. The number of benzene rings is 1. The third-order valence-electron chi connectivity index (χ3n) is 7.90. The van der Waals surface area contributed by atoms with Crippen molar-refractivity contribution in [1.82, 2.24) is 0 Å². The van der Waals surface area contributed by atoms with E-state index in [-0.39, 0.29) is 35.2 Å². The lowest BCUT2D eigenvalue weighted by molar-refractivity contribution is -0.0917. The van der Waals surface area contributed by atoms with E-state index in [2.05, 4.69) is 0 Å². The molecule has 1 aromatic carbocycles. The topological polar surface area (TPSA) is 116 Å². The third-order valence-corrected chi connectivity index (χ3v) is 7.90. The second-order valence-corrected chi connectivity index (χ2v) is 10.2. The maximum atomic E-state index is 12.9. The number of methoxy groups -OCH3 is 1. The SMILES string of the molecule is COc1cc(C)c(C(=O)OC2CC3(C)C2=C(CO)C(O)C2CC(C)(C)C(O)C23)c(O)c1. The van der Waals surface area contributed by atoms with Crippen LogP contribution in [0.1, 0.15) is 49.5 Å². The number of carbonyl (C=O) groups is 1. The summed E-state index contributed by atoms with van der Waals surface area (Å²) in [7, 11) is 1.48. The van der Waals surface area contributed by atoms with E-state index in [4.69, 9.17) is 9.47 Å². The van der Waals surface area contributed by atoms with Gasteiger partial charge >= 0.3 is 5.97 Å². The fourth-order valence-electron chi connectivity index (χ4n) is 6.43. The molecule has 2 saturated carbocycles. The minimum Gasteiger partial charge on any atom is -0.507 e. The highest BCUT2D eigenvalue weighted by Crippen LogP contribution is 2.66. The van der Waals surface area contributed by atoms with Crippen LogP contribution >= 0.6 is 0 Å². The zero-order chi connectivity index (χ0) is 22.9. The lowest BCUT2D eigenvalue weighted by Gasteiger charge is -2.58. The van der Waals surface area contributed by atoms with Crippen molar-refractivity contribution in [2.75, 3.05) is 13.7 Å². The van der Waals surface area contributed by atoms with Crippen molar-refractivity contribution in [2.45, 2.75) is 58.8 Å². The molecule has 0 saturated heterocycles. The summed E-state index contributed by atoms with van der Waals surface area (Å²) in [6.45, 7) is 7.37. The van der Waals surface area contributed by atoms with Crippen LogP contribution in [-0.2, 0) is 4.74 Å². The van der Waals surface area contributed by atoms with E-state index in [1.165, 1.54) is 13.2 Å². The van der Waals surface area contributed by atoms with E-state index in [0.717, 1.165) is 0 Å². The molecule has 6 atom stereocenters. The summed E-state index contributed by atoms with van der Waals surface area (Å²) in [5.74, 6) is -0.776. The van der Waals surface area contributed by atoms with Crippen molar-refractivity contribution in [3.63, 3.8) is 0 Å². The number of ether oxygens (including phenoxy) is 2. The standard InChI is InChI=1S/C24H32O7/c1-11-6-12(30-5)7-15(26)17(11)22(29)31-16-9-24(4)18(16)14(10-25)20(27)13-8-23(2,3)21(28)19(13)24/h6-7,13,16,19-21,25-28H,8-10H2,1-5H3. The predicted octanol–water partition coefficient (Wildman–Crippen LogP) is 2.33. The van der Waals surface area contributed by atoms with Crippen molar-refractivity contribution < 1.29 is 34.7 Å². The van der Waals surface area contributed by atoms with Gasteiger partial charge < -0.3 is 29.9 Å². The lowest BCUT2D eigenvalue weighted by Crippen LogP contribution is -2.59. The minimum absolute atomic E-state index is 0.0665. The number of carbonyl (C=O) groups excluding carboxylic acids is 1. The molecule has 0 heterocycles. The van der Waals surface area contributed by atoms with Gasteiger partial charge in [0.2, 0.25) is 0 Å². The summed E-state index contributed by atoms with van der Waals surface area (Å²) >= 11 is 0. The van der Waals surface area contributed by atoms with Crippen LogP contribution in [0.2, 0.25) is 0 Å². The van der Waals surface area contributed by atoms with Crippen LogP contribution in [0.4, 0.5) is 0 Å². The van der Waals surface area contributed by atoms with Gasteiger partial charge in [-0.3, -0.25) is 0 Å². The van der Waals surface area contributed by atoms with Crippen molar-refractivity contribution in [3.05, 3.63) is 34.4 Å². The highest BCUT2D eigenvalue weighted by Gasteiger charge is 2.66. The zero-order valence-corrected chi connectivity index (χ0v) is 18.7. The van der Waals surface area contributed by atoms with E-state index in [0.29, 0.717) is 35.3 Å². The number of hydrogen-bond donors (Lipinski definition) is 4. The first-order chi connectivity index (χ1) is 14.5. The molecule has 3 aliphatic carbocycles. The molecular formula is C24H32O7. The molecule has 0 radical (unpaired) electrons. The van der Waals surface area contributed by atoms with Crippen molar-refractivity contribution in [3.8, 4) is 11.5 Å². The van der Waals surface area contributed by atoms with Crippen molar-refractivity contribution in [2.24, 2.45) is 22.7 Å². The zero-order valence-electron chi connectivity index (χ0n) is 18.7. The van der Waals surface area contributed by atoms with Crippen LogP contribution in [0, 0.1) is 29.6 Å². The van der Waals surface area contributed by atoms with Crippen molar-refractivity contribution >= 4 is 5.97 Å². The largest absolute Gasteiger partial charge is 0.507 e. The maximum absolute atomic E-state index is 12.9. The molecule has 0 aliphatic heterocycles. The molecule has 2 fully saturated rings. The Morgan fingerprint density at radius 3 is 2.45 bits per heavy atom. The summed E-state index contributed by atoms with van der Waals surface area (Å²) in [4.78, 5) is 12.9. The number of phenolic OH excluding ortho intramolecular Hbond substituents is 1. The quantitative estimate of drug-likeness (QED) is 0.426. The predicted molar refractivity (Wildman–Crippen MR) is 113 cm³/mol. The van der Waals surface area contributed by atoms with Gasteiger partial charge in [0.1, 0.15) is 23.2 Å². The Morgan fingerprint density at radius 2 is 1.87 bits per heavy atom. The Labute approximate surface area is 182 Å². The number of rotatable bonds is 4. The fraction of sp³-hybridized carbons (Fsp3) is 0.625. The van der Waals surface area contributed by atoms with Crippen molar-refractivity contribution in [1.29, 1.82) is 0 Å². The first-order valence-corrected chi connectivity index (χ1v) is 10.7. The molecule has 0 amide bonds. The van der Waals surface area contributed by atoms with Crippen LogP contribution in [0.5, 0.6) is 11.5 Å². The van der Waals surface area contributed by atoms with Gasteiger partial charge in [0.25, 0.3) is 0 Å². The molecule has 7 heteroatoms. The molecule has 0 spiro atoms. The molecular weight excluding hydrogens is 400 g/mol. The summed E-state index contributed by atoms with van der Waals surface area (Å²) in [5, 5.41) is 42.4. The Morgan fingerprint density at radius 1 is 1.19 bits per heavy atom. The molecule has 170 valence electrons. The molecule has 1 aromatic rings. The normalized spacial score (nSPS) is 35.8. The van der Waals surface area contributed by atoms with Gasteiger partial charge in [0.05, 0.1) is 25.9 Å². The second kappa shape index (κ2) is 7.22. The van der Waals surface area contributed by atoms with Crippen LogP contribution in [0.15, 0.2) is 23.3 Å². The first kappa shape index (κ1) is 22.1. The number of hydrogen-bond acceptors (Lipinski definition) is 7. The van der Waals surface area contributed by atoms with Gasteiger partial charge in [0, 0.05) is 17.4 Å². The highest BCUT2D eigenvalue weighted by atomic mass is 16.5. The smallest absolute Gasteiger partial charge is 0.342 e. The minimum atomic E-state index is -0.882. The van der Waals surface area contributed by atoms with E-state index < -0.39 is 29.7 Å². The van der Waals surface area contributed by atoms with Gasteiger partial charge in [0.15, 0.2) is 0 Å². The number of aromatic hydroxyl groups is 1. The highest BCUT2D eigenvalue weighted by molar-refractivity contribution is 5.94. The molecule has 4 rings (SSSR count). The summed E-state index contributed by atoms with van der Waals surface area (Å²) in [6, 6.07) is 3.00. The molecule has 7 nitrogen and oxygen atoms in total. The lowest BCUT2D eigenvalue weighted by atomic mass is 9.49. The van der Waals surface area contributed by atoms with Gasteiger partial charge in [-0.05, 0) is 53.9 Å². The Kier molecular flexibility index (Phi) is 5.15. The van der Waals surface area contributed by atoms with Gasteiger partial charge in [-0.25, -0.2) is 4.79 Å². The van der Waals surface area contributed by atoms with E-state index in [1.54, 1.807) is 13.0 Å². The van der Waals surface area contributed by atoms with Crippen LogP contribution in [0.25, 0.3) is 0 Å². The van der Waals surface area contributed by atoms with Crippen LogP contribution in [-0.4, -0.2) is 58.4 Å². The average Bonchev–Trinajstić information content (AvgIpc) is 2.93.